The van der Waals surface area contributed by atoms with Gasteiger partial charge < -0.3 is 5.73 Å². The zero-order valence-electron chi connectivity index (χ0n) is 11.6. The largest absolute Gasteiger partial charge is 0.330 e. The first-order chi connectivity index (χ1) is 9.56. The van der Waals surface area contributed by atoms with Crippen LogP contribution in [0.2, 0.25) is 5.02 Å². The smallest absolute Gasteiger partial charge is 0.142 e. The molecule has 1 aliphatic rings. The molecule has 0 atom stereocenters. The molecule has 2 rings (SSSR count). The predicted molar refractivity (Wildman–Crippen MR) is 79.3 cm³/mol. The number of halogens is 2. The summed E-state index contributed by atoms with van der Waals surface area (Å²) in [6, 6.07) is 4.60. The highest BCUT2D eigenvalue weighted by Gasteiger charge is 2.32. The SMILES string of the molecule is NCC1(CC(=O)Cc2cccc(F)c2Cl)CCCCC1. The molecule has 0 amide bonds. The third-order valence-electron chi connectivity index (χ3n) is 4.34. The second kappa shape index (κ2) is 6.68. The summed E-state index contributed by atoms with van der Waals surface area (Å²) >= 11 is 5.90. The van der Waals surface area contributed by atoms with Gasteiger partial charge in [-0.2, -0.15) is 0 Å². The van der Waals surface area contributed by atoms with E-state index in [0.29, 0.717) is 18.5 Å². The molecule has 0 spiro atoms. The molecule has 0 bridgehead atoms. The molecule has 1 aromatic carbocycles. The topological polar surface area (TPSA) is 43.1 Å². The van der Waals surface area contributed by atoms with Crippen LogP contribution in [0.5, 0.6) is 0 Å². The van der Waals surface area contributed by atoms with Crippen LogP contribution >= 0.6 is 11.6 Å². The van der Waals surface area contributed by atoms with Gasteiger partial charge in [0.25, 0.3) is 0 Å². The minimum atomic E-state index is -0.469. The number of carbonyl (C=O) groups is 1. The molecule has 4 heteroatoms. The van der Waals surface area contributed by atoms with Gasteiger partial charge in [0, 0.05) is 12.8 Å². The number of rotatable bonds is 5. The Kier molecular flexibility index (Phi) is 5.17. The standard InChI is InChI=1S/C16H21ClFNO/c17-15-12(5-4-6-14(15)18)9-13(20)10-16(11-19)7-2-1-3-8-16/h4-6H,1-3,7-11,19H2. The molecule has 0 unspecified atom stereocenters. The van der Waals surface area contributed by atoms with Crippen LogP contribution in [0, 0.1) is 11.2 Å². The van der Waals surface area contributed by atoms with E-state index in [9.17, 15) is 9.18 Å². The molecule has 2 N–H and O–H groups in total. The van der Waals surface area contributed by atoms with Crippen molar-refractivity contribution in [1.29, 1.82) is 0 Å². The zero-order valence-corrected chi connectivity index (χ0v) is 12.4. The van der Waals surface area contributed by atoms with E-state index in [0.717, 1.165) is 25.7 Å². The minimum absolute atomic E-state index is 0.0465. The van der Waals surface area contributed by atoms with Gasteiger partial charge >= 0.3 is 0 Å². The van der Waals surface area contributed by atoms with Crippen molar-refractivity contribution in [2.24, 2.45) is 11.1 Å². The van der Waals surface area contributed by atoms with Crippen molar-refractivity contribution in [3.8, 4) is 0 Å². The Bertz CT molecular complexity index is 483. The Morgan fingerprint density at radius 2 is 2.00 bits per heavy atom. The van der Waals surface area contributed by atoms with Crippen LogP contribution in [0.15, 0.2) is 18.2 Å². The number of hydrogen-bond acceptors (Lipinski definition) is 2. The van der Waals surface area contributed by atoms with Crippen LogP contribution in [0.4, 0.5) is 4.39 Å². The summed E-state index contributed by atoms with van der Waals surface area (Å²) < 4.78 is 13.4. The van der Waals surface area contributed by atoms with Crippen LogP contribution in [0.1, 0.15) is 44.1 Å². The lowest BCUT2D eigenvalue weighted by atomic mass is 9.70. The van der Waals surface area contributed by atoms with Gasteiger partial charge in [0.05, 0.1) is 5.02 Å². The molecular formula is C16H21ClFNO. The van der Waals surface area contributed by atoms with Crippen molar-refractivity contribution in [2.45, 2.75) is 44.9 Å². The van der Waals surface area contributed by atoms with Gasteiger partial charge in [-0.05, 0) is 36.4 Å². The van der Waals surface area contributed by atoms with Crippen molar-refractivity contribution >= 4 is 17.4 Å². The van der Waals surface area contributed by atoms with Crippen LogP contribution in [0.25, 0.3) is 0 Å². The van der Waals surface area contributed by atoms with E-state index in [1.807, 2.05) is 0 Å². The summed E-state index contributed by atoms with van der Waals surface area (Å²) in [6.45, 7) is 0.551. The lowest BCUT2D eigenvalue weighted by Crippen LogP contribution is -2.35. The molecule has 0 aliphatic heterocycles. The Hall–Kier alpha value is -0.930. The van der Waals surface area contributed by atoms with Crippen molar-refractivity contribution in [3.63, 3.8) is 0 Å². The summed E-state index contributed by atoms with van der Waals surface area (Å²) in [7, 11) is 0. The number of carbonyl (C=O) groups excluding carboxylic acids is 1. The van der Waals surface area contributed by atoms with E-state index >= 15 is 0 Å². The van der Waals surface area contributed by atoms with Crippen molar-refractivity contribution in [3.05, 3.63) is 34.6 Å². The van der Waals surface area contributed by atoms with Gasteiger partial charge in [0.15, 0.2) is 0 Å². The number of nitrogens with two attached hydrogens (primary N) is 1. The molecule has 110 valence electrons. The van der Waals surface area contributed by atoms with E-state index in [-0.39, 0.29) is 22.6 Å². The van der Waals surface area contributed by atoms with Crippen LogP contribution < -0.4 is 5.73 Å². The second-order valence-corrected chi connectivity index (χ2v) is 6.25. The number of Topliss-reactive ketones (excluding diaryl/α,β-unsaturated/α-hetero) is 1. The molecule has 0 saturated heterocycles. The first-order valence-corrected chi connectivity index (χ1v) is 7.59. The third-order valence-corrected chi connectivity index (χ3v) is 4.76. The Balaban J connectivity index is 2.03. The maximum absolute atomic E-state index is 13.4. The predicted octanol–water partition coefficient (Wildman–Crippen LogP) is 3.89. The fraction of sp³-hybridized carbons (Fsp3) is 0.562. The fourth-order valence-corrected chi connectivity index (χ4v) is 3.33. The molecular weight excluding hydrogens is 277 g/mol. The van der Waals surface area contributed by atoms with Crippen LogP contribution in [0.3, 0.4) is 0 Å². The maximum atomic E-state index is 13.4. The summed E-state index contributed by atoms with van der Waals surface area (Å²) in [5, 5.41) is 0.0614. The average molecular weight is 298 g/mol. The average Bonchev–Trinajstić information content (AvgIpc) is 2.45. The Labute approximate surface area is 124 Å². The molecule has 1 saturated carbocycles. The molecule has 0 heterocycles. The Morgan fingerprint density at radius 1 is 1.30 bits per heavy atom. The molecule has 2 nitrogen and oxygen atoms in total. The second-order valence-electron chi connectivity index (χ2n) is 5.87. The van der Waals surface area contributed by atoms with Gasteiger partial charge in [-0.1, -0.05) is 43.0 Å². The van der Waals surface area contributed by atoms with Crippen molar-refractivity contribution in [1.82, 2.24) is 0 Å². The molecule has 20 heavy (non-hydrogen) atoms. The first kappa shape index (κ1) is 15.5. The van der Waals surface area contributed by atoms with Crippen LogP contribution in [-0.2, 0) is 11.2 Å². The summed E-state index contributed by atoms with van der Waals surface area (Å²) in [5.41, 5.74) is 6.42. The fourth-order valence-electron chi connectivity index (χ4n) is 3.13. The van der Waals surface area contributed by atoms with E-state index in [4.69, 9.17) is 17.3 Å². The highest BCUT2D eigenvalue weighted by Crippen LogP contribution is 2.39. The van der Waals surface area contributed by atoms with Gasteiger partial charge in [-0.3, -0.25) is 4.79 Å². The van der Waals surface area contributed by atoms with Gasteiger partial charge in [-0.25, -0.2) is 4.39 Å². The summed E-state index contributed by atoms with van der Waals surface area (Å²) in [4.78, 5) is 12.3. The Morgan fingerprint density at radius 3 is 2.65 bits per heavy atom. The highest BCUT2D eigenvalue weighted by molar-refractivity contribution is 6.31. The van der Waals surface area contributed by atoms with E-state index < -0.39 is 5.82 Å². The number of benzene rings is 1. The lowest BCUT2D eigenvalue weighted by molar-refractivity contribution is -0.121. The zero-order chi connectivity index (χ0) is 14.6. The summed E-state index contributed by atoms with van der Waals surface area (Å²) in [5.74, 6) is -0.368. The molecule has 1 aromatic rings. The highest BCUT2D eigenvalue weighted by atomic mass is 35.5. The lowest BCUT2D eigenvalue weighted by Gasteiger charge is -2.35. The molecule has 0 aromatic heterocycles. The summed E-state index contributed by atoms with van der Waals surface area (Å²) in [6.07, 6.45) is 6.23. The quantitative estimate of drug-likeness (QED) is 0.896. The van der Waals surface area contributed by atoms with E-state index in [1.165, 1.54) is 12.5 Å². The minimum Gasteiger partial charge on any atom is -0.330 e. The van der Waals surface area contributed by atoms with Crippen LogP contribution in [-0.4, -0.2) is 12.3 Å². The van der Waals surface area contributed by atoms with Gasteiger partial charge in [0.2, 0.25) is 0 Å². The van der Waals surface area contributed by atoms with Gasteiger partial charge in [0.1, 0.15) is 11.6 Å². The third kappa shape index (κ3) is 3.58. The van der Waals surface area contributed by atoms with Gasteiger partial charge in [-0.15, -0.1) is 0 Å². The normalized spacial score (nSPS) is 17.9. The molecule has 1 aliphatic carbocycles. The van der Waals surface area contributed by atoms with Crippen molar-refractivity contribution < 1.29 is 9.18 Å². The van der Waals surface area contributed by atoms with Crippen molar-refractivity contribution in [2.75, 3.05) is 6.54 Å². The molecule has 1 fully saturated rings. The maximum Gasteiger partial charge on any atom is 0.142 e. The van der Waals surface area contributed by atoms with E-state index in [2.05, 4.69) is 0 Å². The number of hydrogen-bond donors (Lipinski definition) is 1. The van der Waals surface area contributed by atoms with E-state index in [1.54, 1.807) is 12.1 Å². The molecule has 0 radical (unpaired) electrons. The first-order valence-electron chi connectivity index (χ1n) is 7.21. The monoisotopic (exact) mass is 297 g/mol. The number of ketones is 1.